The SMILES string of the molecule is COc1ccc(CCN2C(=O)C(=Cc3ccc(OC(=O)c4ccc(C)cc4)c(OC)c3)SC2=S)cc1OC. The molecule has 0 N–H and O–H groups in total. The maximum absolute atomic E-state index is 13.1. The topological polar surface area (TPSA) is 74.3 Å². The van der Waals surface area contributed by atoms with Crippen molar-refractivity contribution in [3.63, 3.8) is 0 Å². The van der Waals surface area contributed by atoms with Gasteiger partial charge in [-0.25, -0.2) is 4.79 Å². The summed E-state index contributed by atoms with van der Waals surface area (Å²) in [4.78, 5) is 27.8. The fourth-order valence-electron chi connectivity index (χ4n) is 3.83. The van der Waals surface area contributed by atoms with Gasteiger partial charge in [0.2, 0.25) is 0 Å². The highest BCUT2D eigenvalue weighted by molar-refractivity contribution is 8.26. The van der Waals surface area contributed by atoms with E-state index in [4.69, 9.17) is 31.2 Å². The van der Waals surface area contributed by atoms with Gasteiger partial charge >= 0.3 is 5.97 Å². The molecule has 0 spiro atoms. The van der Waals surface area contributed by atoms with Crippen LogP contribution in [0.25, 0.3) is 6.08 Å². The fraction of sp³-hybridized carbons (Fsp3) is 0.207. The molecule has 1 saturated heterocycles. The average Bonchev–Trinajstić information content (AvgIpc) is 3.19. The zero-order valence-electron chi connectivity index (χ0n) is 21.5. The summed E-state index contributed by atoms with van der Waals surface area (Å²) in [6, 6.07) is 17.9. The lowest BCUT2D eigenvalue weighted by Crippen LogP contribution is -2.30. The highest BCUT2D eigenvalue weighted by Crippen LogP contribution is 2.35. The molecule has 0 saturated carbocycles. The molecule has 0 bridgehead atoms. The first kappa shape index (κ1) is 27.2. The van der Waals surface area contributed by atoms with Crippen LogP contribution in [-0.4, -0.2) is 49.0 Å². The molecule has 7 nitrogen and oxygen atoms in total. The second kappa shape index (κ2) is 12.1. The number of thioether (sulfide) groups is 1. The molecule has 38 heavy (non-hydrogen) atoms. The number of rotatable bonds is 9. The van der Waals surface area contributed by atoms with Crippen molar-refractivity contribution in [2.45, 2.75) is 13.3 Å². The summed E-state index contributed by atoms with van der Waals surface area (Å²) >= 11 is 6.74. The first-order chi connectivity index (χ1) is 18.3. The van der Waals surface area contributed by atoms with Crippen LogP contribution in [0.4, 0.5) is 0 Å². The minimum Gasteiger partial charge on any atom is -0.493 e. The van der Waals surface area contributed by atoms with Gasteiger partial charge in [-0.15, -0.1) is 0 Å². The first-order valence-corrected chi connectivity index (χ1v) is 13.0. The molecule has 3 aromatic rings. The Labute approximate surface area is 231 Å². The number of carbonyl (C=O) groups is 2. The van der Waals surface area contributed by atoms with Crippen molar-refractivity contribution >= 4 is 46.3 Å². The Balaban J connectivity index is 1.45. The molecule has 4 rings (SSSR count). The fourth-order valence-corrected chi connectivity index (χ4v) is 5.14. The van der Waals surface area contributed by atoms with Crippen LogP contribution >= 0.6 is 24.0 Å². The summed E-state index contributed by atoms with van der Waals surface area (Å²) < 4.78 is 22.1. The van der Waals surface area contributed by atoms with Gasteiger partial charge in [0.05, 0.1) is 31.8 Å². The quantitative estimate of drug-likeness (QED) is 0.146. The predicted molar refractivity (Wildman–Crippen MR) is 152 cm³/mol. The van der Waals surface area contributed by atoms with Crippen molar-refractivity contribution in [2.24, 2.45) is 0 Å². The monoisotopic (exact) mass is 549 g/mol. The molecule has 0 radical (unpaired) electrons. The van der Waals surface area contributed by atoms with Gasteiger partial charge in [-0.1, -0.05) is 53.8 Å². The summed E-state index contributed by atoms with van der Waals surface area (Å²) in [5, 5.41) is 0. The first-order valence-electron chi connectivity index (χ1n) is 11.8. The van der Waals surface area contributed by atoms with E-state index in [9.17, 15) is 9.59 Å². The van der Waals surface area contributed by atoms with Gasteiger partial charge in [0.25, 0.3) is 5.91 Å². The van der Waals surface area contributed by atoms with E-state index < -0.39 is 5.97 Å². The minimum absolute atomic E-state index is 0.158. The molecule has 0 aromatic heterocycles. The van der Waals surface area contributed by atoms with E-state index >= 15 is 0 Å². The lowest BCUT2D eigenvalue weighted by atomic mass is 10.1. The number of carbonyl (C=O) groups excluding carboxylic acids is 2. The van der Waals surface area contributed by atoms with Gasteiger partial charge in [-0.3, -0.25) is 9.69 Å². The molecule has 1 aliphatic heterocycles. The second-order valence-electron chi connectivity index (χ2n) is 8.44. The van der Waals surface area contributed by atoms with E-state index in [0.29, 0.717) is 45.0 Å². The smallest absolute Gasteiger partial charge is 0.343 e. The molecule has 9 heteroatoms. The maximum atomic E-state index is 13.1. The van der Waals surface area contributed by atoms with Gasteiger partial charge in [0.1, 0.15) is 4.32 Å². The third-order valence-corrected chi connectivity index (χ3v) is 7.30. The highest BCUT2D eigenvalue weighted by atomic mass is 32.2. The summed E-state index contributed by atoms with van der Waals surface area (Å²) in [7, 11) is 4.67. The van der Waals surface area contributed by atoms with E-state index in [1.807, 2.05) is 37.3 Å². The van der Waals surface area contributed by atoms with Gasteiger partial charge in [-0.05, 0) is 66.9 Å². The largest absolute Gasteiger partial charge is 0.493 e. The zero-order chi connectivity index (χ0) is 27.2. The van der Waals surface area contributed by atoms with Crippen LogP contribution in [0.3, 0.4) is 0 Å². The number of amides is 1. The molecule has 0 unspecified atom stereocenters. The van der Waals surface area contributed by atoms with Crippen LogP contribution in [0, 0.1) is 6.92 Å². The number of hydrogen-bond acceptors (Lipinski definition) is 8. The Hall–Kier alpha value is -3.82. The highest BCUT2D eigenvalue weighted by Gasteiger charge is 2.31. The number of benzene rings is 3. The number of esters is 1. The lowest BCUT2D eigenvalue weighted by molar-refractivity contribution is -0.122. The van der Waals surface area contributed by atoms with Gasteiger partial charge < -0.3 is 18.9 Å². The van der Waals surface area contributed by atoms with E-state index in [2.05, 4.69) is 0 Å². The number of aryl methyl sites for hydroxylation is 1. The predicted octanol–water partition coefficient (Wildman–Crippen LogP) is 5.68. The molecule has 1 aliphatic rings. The Morgan fingerprint density at radius 2 is 1.55 bits per heavy atom. The Bertz CT molecular complexity index is 1400. The van der Waals surface area contributed by atoms with Gasteiger partial charge in [0.15, 0.2) is 23.0 Å². The van der Waals surface area contributed by atoms with Crippen molar-refractivity contribution in [3.8, 4) is 23.0 Å². The van der Waals surface area contributed by atoms with Crippen LogP contribution in [0.2, 0.25) is 0 Å². The molecule has 1 fully saturated rings. The molecule has 1 amide bonds. The van der Waals surface area contributed by atoms with Crippen molar-refractivity contribution in [2.75, 3.05) is 27.9 Å². The van der Waals surface area contributed by atoms with Crippen LogP contribution in [-0.2, 0) is 11.2 Å². The van der Waals surface area contributed by atoms with Crippen molar-refractivity contribution < 1.29 is 28.5 Å². The molecule has 1 heterocycles. The van der Waals surface area contributed by atoms with Crippen LogP contribution < -0.4 is 18.9 Å². The van der Waals surface area contributed by atoms with E-state index in [-0.39, 0.29) is 11.7 Å². The van der Waals surface area contributed by atoms with Gasteiger partial charge in [0, 0.05) is 6.54 Å². The van der Waals surface area contributed by atoms with E-state index in [1.54, 1.807) is 55.5 Å². The van der Waals surface area contributed by atoms with Gasteiger partial charge in [-0.2, -0.15) is 0 Å². The van der Waals surface area contributed by atoms with Crippen LogP contribution in [0.5, 0.6) is 23.0 Å². The summed E-state index contributed by atoms with van der Waals surface area (Å²) in [6.45, 7) is 2.39. The zero-order valence-corrected chi connectivity index (χ0v) is 23.1. The van der Waals surface area contributed by atoms with Crippen molar-refractivity contribution in [1.82, 2.24) is 4.90 Å². The normalized spacial score (nSPS) is 14.1. The molecule has 0 aliphatic carbocycles. The van der Waals surface area contributed by atoms with E-state index in [0.717, 1.165) is 16.7 Å². The third-order valence-electron chi connectivity index (χ3n) is 5.92. The Morgan fingerprint density at radius 1 is 0.895 bits per heavy atom. The lowest BCUT2D eigenvalue weighted by Gasteiger charge is -2.15. The second-order valence-corrected chi connectivity index (χ2v) is 10.1. The van der Waals surface area contributed by atoms with Crippen molar-refractivity contribution in [3.05, 3.63) is 87.8 Å². The number of ether oxygens (including phenoxy) is 4. The molecular weight excluding hydrogens is 522 g/mol. The maximum Gasteiger partial charge on any atom is 0.343 e. The number of methoxy groups -OCH3 is 3. The van der Waals surface area contributed by atoms with E-state index in [1.165, 1.54) is 18.9 Å². The average molecular weight is 550 g/mol. The minimum atomic E-state index is -0.480. The number of hydrogen-bond donors (Lipinski definition) is 0. The summed E-state index contributed by atoms with van der Waals surface area (Å²) in [5.74, 6) is 1.31. The Morgan fingerprint density at radius 3 is 2.24 bits per heavy atom. The summed E-state index contributed by atoms with van der Waals surface area (Å²) in [6.07, 6.45) is 2.36. The van der Waals surface area contributed by atoms with Crippen LogP contribution in [0.1, 0.15) is 27.0 Å². The van der Waals surface area contributed by atoms with Crippen molar-refractivity contribution in [1.29, 1.82) is 0 Å². The Kier molecular flexibility index (Phi) is 8.70. The molecular formula is C29H27NO6S2. The molecule has 196 valence electrons. The third kappa shape index (κ3) is 6.17. The number of nitrogens with zero attached hydrogens (tertiary/aromatic N) is 1. The number of thiocarbonyl (C=S) groups is 1. The van der Waals surface area contributed by atoms with Crippen LogP contribution in [0.15, 0.2) is 65.6 Å². The molecule has 0 atom stereocenters. The standard InChI is InChI=1S/C29H27NO6S2/c1-18-5-9-21(10-6-18)28(32)36-23-12-8-20(16-25(23)35-4)17-26-27(31)30(29(37)38-26)14-13-19-7-11-22(33-2)24(15-19)34-3/h5-12,15-17H,13-14H2,1-4H3. The summed E-state index contributed by atoms with van der Waals surface area (Å²) in [5.41, 5.74) is 3.21. The molecule has 3 aromatic carbocycles.